The van der Waals surface area contributed by atoms with Crippen LogP contribution in [0.5, 0.6) is 0 Å². The number of fused-ring (bicyclic) bond motifs is 1. The van der Waals surface area contributed by atoms with Crippen LogP contribution < -0.4 is 0 Å². The van der Waals surface area contributed by atoms with E-state index in [1.165, 1.54) is 0 Å². The van der Waals surface area contributed by atoms with Gasteiger partial charge in [-0.15, -0.1) is 0 Å². The molecule has 1 aromatic heterocycles. The predicted molar refractivity (Wildman–Crippen MR) is 80.3 cm³/mol. The molecule has 21 heavy (non-hydrogen) atoms. The minimum atomic E-state index is -1.13. The van der Waals surface area contributed by atoms with Gasteiger partial charge in [-0.25, -0.2) is 0 Å². The third kappa shape index (κ3) is 2.43. The second-order valence-electron chi connectivity index (χ2n) is 4.78. The van der Waals surface area contributed by atoms with Gasteiger partial charge in [0.25, 0.3) is 0 Å². The number of carbonyl (C=O) groups is 2. The molecule has 1 heterocycles. The number of ketones is 1. The lowest BCUT2D eigenvalue weighted by atomic mass is 9.99. The summed E-state index contributed by atoms with van der Waals surface area (Å²) in [5, 5.41) is 9.76. The zero-order chi connectivity index (χ0) is 14.8. The van der Waals surface area contributed by atoms with Crippen molar-refractivity contribution in [3.05, 3.63) is 60.3 Å². The first-order chi connectivity index (χ1) is 10.2. The maximum Gasteiger partial charge on any atom is 0.311 e. The smallest absolute Gasteiger partial charge is 0.311 e. The van der Waals surface area contributed by atoms with Crippen molar-refractivity contribution in [1.82, 2.24) is 4.98 Å². The van der Waals surface area contributed by atoms with Gasteiger partial charge in [0.15, 0.2) is 5.78 Å². The van der Waals surface area contributed by atoms with Crippen molar-refractivity contribution in [2.75, 3.05) is 0 Å². The standard InChI is InChI=1S/C17H13NO3/c19-14(10-15(20)21)17-16(11-6-2-1-3-7-11)12-8-4-5-9-13(12)18-17/h1-9,18H,10H2,(H,20,21). The highest BCUT2D eigenvalue weighted by Gasteiger charge is 2.20. The lowest BCUT2D eigenvalue weighted by molar-refractivity contribution is -0.135. The molecular weight excluding hydrogens is 266 g/mol. The number of nitrogens with one attached hydrogen (secondary N) is 1. The van der Waals surface area contributed by atoms with E-state index in [1.54, 1.807) is 0 Å². The van der Waals surface area contributed by atoms with Crippen molar-refractivity contribution in [1.29, 1.82) is 0 Å². The quantitative estimate of drug-likeness (QED) is 0.567. The van der Waals surface area contributed by atoms with Gasteiger partial charge in [-0.05, 0) is 11.6 Å². The summed E-state index contributed by atoms with van der Waals surface area (Å²) in [6.07, 6.45) is -0.521. The fourth-order valence-corrected chi connectivity index (χ4v) is 2.48. The van der Waals surface area contributed by atoms with E-state index in [4.69, 9.17) is 5.11 Å². The average Bonchev–Trinajstić information content (AvgIpc) is 2.87. The third-order valence-electron chi connectivity index (χ3n) is 3.36. The maximum atomic E-state index is 12.2. The molecule has 2 N–H and O–H groups in total. The number of carboxylic acids is 1. The summed E-state index contributed by atoms with van der Waals surface area (Å²) in [5.74, 6) is -1.55. The minimum absolute atomic E-state index is 0.352. The summed E-state index contributed by atoms with van der Waals surface area (Å²) >= 11 is 0. The van der Waals surface area contributed by atoms with Crippen molar-refractivity contribution in [3.63, 3.8) is 0 Å². The normalized spacial score (nSPS) is 10.7. The zero-order valence-electron chi connectivity index (χ0n) is 11.2. The molecule has 0 saturated carbocycles. The van der Waals surface area contributed by atoms with Gasteiger partial charge in [0, 0.05) is 16.5 Å². The molecule has 0 radical (unpaired) electrons. The van der Waals surface area contributed by atoms with Gasteiger partial charge < -0.3 is 10.1 Å². The molecule has 2 aromatic carbocycles. The van der Waals surface area contributed by atoms with Gasteiger partial charge in [-0.3, -0.25) is 9.59 Å². The Kier molecular flexibility index (Phi) is 3.28. The second kappa shape index (κ2) is 5.25. The van der Waals surface area contributed by atoms with Crippen LogP contribution in [0, 0.1) is 0 Å². The second-order valence-corrected chi connectivity index (χ2v) is 4.78. The highest BCUT2D eigenvalue weighted by atomic mass is 16.4. The van der Waals surface area contributed by atoms with Crippen molar-refractivity contribution >= 4 is 22.7 Å². The third-order valence-corrected chi connectivity index (χ3v) is 3.36. The van der Waals surface area contributed by atoms with E-state index in [2.05, 4.69) is 4.98 Å². The lowest BCUT2D eigenvalue weighted by Crippen LogP contribution is -2.08. The van der Waals surface area contributed by atoms with Crippen molar-refractivity contribution in [2.45, 2.75) is 6.42 Å². The molecule has 0 fully saturated rings. The van der Waals surface area contributed by atoms with E-state index in [0.29, 0.717) is 5.69 Å². The first-order valence-corrected chi connectivity index (χ1v) is 6.58. The number of Topliss-reactive ketones (excluding diaryl/α,β-unsaturated/α-hetero) is 1. The predicted octanol–water partition coefficient (Wildman–Crippen LogP) is 3.49. The number of hydrogen-bond donors (Lipinski definition) is 2. The van der Waals surface area contributed by atoms with Gasteiger partial charge in [-0.1, -0.05) is 48.5 Å². The fourth-order valence-electron chi connectivity index (χ4n) is 2.48. The molecule has 0 amide bonds. The molecule has 3 aromatic rings. The Bertz CT molecular complexity index is 818. The molecular formula is C17H13NO3. The molecule has 0 unspecified atom stereocenters. The molecule has 0 atom stereocenters. The first kappa shape index (κ1) is 13.1. The average molecular weight is 279 g/mol. The molecule has 0 aliphatic carbocycles. The lowest BCUT2D eigenvalue weighted by Gasteiger charge is -2.03. The number of aromatic nitrogens is 1. The number of rotatable bonds is 4. The van der Waals surface area contributed by atoms with Crippen LogP contribution in [0.25, 0.3) is 22.0 Å². The number of benzene rings is 2. The number of carbonyl (C=O) groups excluding carboxylic acids is 1. The van der Waals surface area contributed by atoms with Crippen molar-refractivity contribution < 1.29 is 14.7 Å². The van der Waals surface area contributed by atoms with Crippen LogP contribution in [0.4, 0.5) is 0 Å². The van der Waals surface area contributed by atoms with E-state index in [9.17, 15) is 9.59 Å². The van der Waals surface area contributed by atoms with Gasteiger partial charge in [-0.2, -0.15) is 0 Å². The fraction of sp³-hybridized carbons (Fsp3) is 0.0588. The first-order valence-electron chi connectivity index (χ1n) is 6.58. The molecule has 0 spiro atoms. The van der Waals surface area contributed by atoms with E-state index in [0.717, 1.165) is 22.0 Å². The van der Waals surface area contributed by atoms with E-state index in [-0.39, 0.29) is 0 Å². The number of aromatic amines is 1. The topological polar surface area (TPSA) is 70.2 Å². The Balaban J connectivity index is 2.24. The summed E-state index contributed by atoms with van der Waals surface area (Å²) in [5.41, 5.74) is 2.83. The van der Waals surface area contributed by atoms with Crippen molar-refractivity contribution in [2.24, 2.45) is 0 Å². The van der Waals surface area contributed by atoms with Crippen LogP contribution in [0.3, 0.4) is 0 Å². The number of para-hydroxylation sites is 1. The van der Waals surface area contributed by atoms with E-state index < -0.39 is 18.2 Å². The Labute approximate surface area is 121 Å². The van der Waals surface area contributed by atoms with Gasteiger partial charge in [0.05, 0.1) is 5.69 Å². The summed E-state index contributed by atoms with van der Waals surface area (Å²) in [4.78, 5) is 26.1. The number of hydrogen-bond acceptors (Lipinski definition) is 2. The molecule has 3 rings (SSSR count). The Morgan fingerprint density at radius 1 is 0.952 bits per heavy atom. The summed E-state index contributed by atoms with van der Waals surface area (Å²) in [6.45, 7) is 0. The molecule has 104 valence electrons. The Morgan fingerprint density at radius 2 is 1.62 bits per heavy atom. The number of aliphatic carboxylic acids is 1. The van der Waals surface area contributed by atoms with Gasteiger partial charge in [0.1, 0.15) is 6.42 Å². The van der Waals surface area contributed by atoms with Crippen LogP contribution in [0.1, 0.15) is 16.9 Å². The van der Waals surface area contributed by atoms with Crippen molar-refractivity contribution in [3.8, 4) is 11.1 Å². The maximum absolute atomic E-state index is 12.2. The molecule has 4 nitrogen and oxygen atoms in total. The monoisotopic (exact) mass is 279 g/mol. The van der Waals surface area contributed by atoms with Crippen LogP contribution >= 0.6 is 0 Å². The molecule has 0 aliphatic heterocycles. The van der Waals surface area contributed by atoms with Crippen LogP contribution in [-0.2, 0) is 4.79 Å². The zero-order valence-corrected chi connectivity index (χ0v) is 11.2. The summed E-state index contributed by atoms with van der Waals surface area (Å²) in [6, 6.07) is 17.1. The van der Waals surface area contributed by atoms with Gasteiger partial charge >= 0.3 is 5.97 Å². The van der Waals surface area contributed by atoms with Crippen LogP contribution in [0.15, 0.2) is 54.6 Å². The molecule has 0 saturated heterocycles. The van der Waals surface area contributed by atoms with Crippen LogP contribution in [-0.4, -0.2) is 21.8 Å². The molecule has 4 heteroatoms. The summed E-state index contributed by atoms with van der Waals surface area (Å²) < 4.78 is 0. The number of carboxylic acid groups (broad SMARTS) is 1. The Hall–Kier alpha value is -2.88. The van der Waals surface area contributed by atoms with Gasteiger partial charge in [0.2, 0.25) is 0 Å². The Morgan fingerprint density at radius 3 is 2.33 bits per heavy atom. The SMILES string of the molecule is O=C(O)CC(=O)c1[nH]c2ccccc2c1-c1ccccc1. The van der Waals surface area contributed by atoms with E-state index >= 15 is 0 Å². The summed E-state index contributed by atoms with van der Waals surface area (Å²) in [7, 11) is 0. The molecule has 0 bridgehead atoms. The largest absolute Gasteiger partial charge is 0.481 e. The highest BCUT2D eigenvalue weighted by Crippen LogP contribution is 2.32. The minimum Gasteiger partial charge on any atom is -0.481 e. The molecule has 0 aliphatic rings. The highest BCUT2D eigenvalue weighted by molar-refractivity contribution is 6.14. The number of H-pyrrole nitrogens is 1. The van der Waals surface area contributed by atoms with Crippen LogP contribution in [0.2, 0.25) is 0 Å². The van der Waals surface area contributed by atoms with E-state index in [1.807, 2.05) is 54.6 Å².